The van der Waals surface area contributed by atoms with Gasteiger partial charge in [-0.3, -0.25) is 4.72 Å². The van der Waals surface area contributed by atoms with Crippen LogP contribution in [0.15, 0.2) is 46.2 Å². The highest BCUT2D eigenvalue weighted by Crippen LogP contribution is 2.29. The zero-order chi connectivity index (χ0) is 18.2. The first-order valence-electron chi connectivity index (χ1n) is 7.56. The number of hydrogen-bond acceptors (Lipinski definition) is 5. The molecule has 0 radical (unpaired) electrons. The van der Waals surface area contributed by atoms with E-state index in [1.807, 2.05) is 6.07 Å². The predicted molar refractivity (Wildman–Crippen MR) is 93.6 cm³/mol. The van der Waals surface area contributed by atoms with Gasteiger partial charge in [0, 0.05) is 0 Å². The third-order valence-corrected chi connectivity index (χ3v) is 6.41. The smallest absolute Gasteiger partial charge is 0.261 e. The van der Waals surface area contributed by atoms with Crippen LogP contribution in [0.4, 0.5) is 5.69 Å². The minimum absolute atomic E-state index is 0.0444. The maximum absolute atomic E-state index is 12.6. The number of nitrogens with two attached hydrogens (primary N) is 1. The Balaban J connectivity index is 1.96. The molecule has 0 aliphatic heterocycles. The van der Waals surface area contributed by atoms with Gasteiger partial charge in [-0.05, 0) is 60.7 Å². The maximum atomic E-state index is 12.6. The summed E-state index contributed by atoms with van der Waals surface area (Å²) in [7, 11) is -6.60. The quantitative estimate of drug-likeness (QED) is 0.815. The van der Waals surface area contributed by atoms with Gasteiger partial charge in [-0.2, -0.15) is 0 Å². The average molecular weight is 382 g/mol. The second-order valence-electron chi connectivity index (χ2n) is 5.80. The number of anilines is 1. The van der Waals surface area contributed by atoms with E-state index >= 15 is 0 Å². The standard InChI is InChI=1S/C16H18N2O5S2/c1-23-15-8-6-13(10-16(15)24(17,19)20)18-25(21,22)14-7-5-11-3-2-4-12(11)9-14/h5-10,18H,2-4H2,1H3,(H2,17,19,20). The number of rotatable bonds is 5. The number of benzene rings is 2. The number of primary sulfonamides is 1. The van der Waals surface area contributed by atoms with Gasteiger partial charge in [-0.25, -0.2) is 22.0 Å². The average Bonchev–Trinajstić information content (AvgIpc) is 3.01. The maximum Gasteiger partial charge on any atom is 0.261 e. The SMILES string of the molecule is COc1ccc(NS(=O)(=O)c2ccc3c(c2)CCC3)cc1S(N)(=O)=O. The van der Waals surface area contributed by atoms with Crippen LogP contribution in [0.5, 0.6) is 5.75 Å². The van der Waals surface area contributed by atoms with Crippen molar-refractivity contribution < 1.29 is 21.6 Å². The summed E-state index contributed by atoms with van der Waals surface area (Å²) in [5, 5.41) is 5.15. The molecule has 0 saturated heterocycles. The highest BCUT2D eigenvalue weighted by atomic mass is 32.2. The Labute approximate surface area is 146 Å². The predicted octanol–water partition coefficient (Wildman–Crippen LogP) is 1.63. The monoisotopic (exact) mass is 382 g/mol. The molecule has 2 aromatic carbocycles. The van der Waals surface area contributed by atoms with Crippen molar-refractivity contribution in [3.8, 4) is 5.75 Å². The van der Waals surface area contributed by atoms with Crippen LogP contribution in [0, 0.1) is 0 Å². The van der Waals surface area contributed by atoms with Crippen LogP contribution in [-0.4, -0.2) is 23.9 Å². The fourth-order valence-corrected chi connectivity index (χ4v) is 4.71. The topological polar surface area (TPSA) is 116 Å². The van der Waals surface area contributed by atoms with E-state index < -0.39 is 20.0 Å². The number of methoxy groups -OCH3 is 1. The molecule has 25 heavy (non-hydrogen) atoms. The minimum atomic E-state index is -4.06. The lowest BCUT2D eigenvalue weighted by atomic mass is 10.1. The first kappa shape index (κ1) is 17.7. The highest BCUT2D eigenvalue weighted by Gasteiger charge is 2.21. The Bertz CT molecular complexity index is 1030. The van der Waals surface area contributed by atoms with Crippen molar-refractivity contribution in [2.75, 3.05) is 11.8 Å². The molecule has 0 bridgehead atoms. The van der Waals surface area contributed by atoms with Gasteiger partial charge in [0.05, 0.1) is 17.7 Å². The van der Waals surface area contributed by atoms with Crippen molar-refractivity contribution in [3.63, 3.8) is 0 Å². The number of sulfonamides is 2. The molecule has 0 aromatic heterocycles. The lowest BCUT2D eigenvalue weighted by molar-refractivity contribution is 0.403. The fraction of sp³-hybridized carbons (Fsp3) is 0.250. The Kier molecular flexibility index (Phi) is 4.48. The van der Waals surface area contributed by atoms with E-state index in [9.17, 15) is 16.8 Å². The molecule has 0 saturated carbocycles. The van der Waals surface area contributed by atoms with E-state index in [0.29, 0.717) is 0 Å². The summed E-state index contributed by atoms with van der Waals surface area (Å²) in [5.41, 5.74) is 2.29. The molecule has 1 aliphatic carbocycles. The third kappa shape index (κ3) is 3.63. The molecular weight excluding hydrogens is 364 g/mol. The molecular formula is C16H18N2O5S2. The van der Waals surface area contributed by atoms with E-state index in [0.717, 1.165) is 30.9 Å². The second-order valence-corrected chi connectivity index (χ2v) is 9.01. The second kappa shape index (κ2) is 6.32. The third-order valence-electron chi connectivity index (χ3n) is 4.10. The Morgan fingerprint density at radius 1 is 1.00 bits per heavy atom. The van der Waals surface area contributed by atoms with Crippen LogP contribution < -0.4 is 14.6 Å². The van der Waals surface area contributed by atoms with E-state index in [2.05, 4.69) is 4.72 Å². The van der Waals surface area contributed by atoms with E-state index in [-0.39, 0.29) is 21.2 Å². The summed E-state index contributed by atoms with van der Waals surface area (Å²) in [6.45, 7) is 0. The number of fused-ring (bicyclic) bond motifs is 1. The molecule has 2 aromatic rings. The summed E-state index contributed by atoms with van der Waals surface area (Å²) in [6, 6.07) is 8.93. The summed E-state index contributed by atoms with van der Waals surface area (Å²) < 4.78 is 55.8. The summed E-state index contributed by atoms with van der Waals surface area (Å²) in [5.74, 6) is 0.0444. The van der Waals surface area contributed by atoms with Crippen molar-refractivity contribution in [2.24, 2.45) is 5.14 Å². The van der Waals surface area contributed by atoms with Crippen LogP contribution in [-0.2, 0) is 32.9 Å². The van der Waals surface area contributed by atoms with Crippen molar-refractivity contribution in [1.29, 1.82) is 0 Å². The normalized spacial score (nSPS) is 14.2. The number of hydrogen-bond donors (Lipinski definition) is 2. The summed E-state index contributed by atoms with van der Waals surface area (Å²) in [6.07, 6.45) is 2.83. The lowest BCUT2D eigenvalue weighted by Gasteiger charge is -2.12. The van der Waals surface area contributed by atoms with E-state index in [4.69, 9.17) is 9.88 Å². The van der Waals surface area contributed by atoms with Gasteiger partial charge >= 0.3 is 0 Å². The van der Waals surface area contributed by atoms with Crippen molar-refractivity contribution in [3.05, 3.63) is 47.5 Å². The van der Waals surface area contributed by atoms with Gasteiger partial charge in [0.25, 0.3) is 10.0 Å². The van der Waals surface area contributed by atoms with Gasteiger partial charge in [0.2, 0.25) is 10.0 Å². The van der Waals surface area contributed by atoms with E-state index in [1.54, 1.807) is 12.1 Å². The molecule has 3 rings (SSSR count). The van der Waals surface area contributed by atoms with Gasteiger partial charge in [-0.15, -0.1) is 0 Å². The molecule has 0 atom stereocenters. The first-order valence-corrected chi connectivity index (χ1v) is 10.6. The molecule has 9 heteroatoms. The molecule has 0 heterocycles. The van der Waals surface area contributed by atoms with Crippen LogP contribution >= 0.6 is 0 Å². The molecule has 0 amide bonds. The largest absolute Gasteiger partial charge is 0.495 e. The van der Waals surface area contributed by atoms with Crippen molar-refractivity contribution >= 4 is 25.7 Å². The van der Waals surface area contributed by atoms with E-state index in [1.165, 1.54) is 24.8 Å². The van der Waals surface area contributed by atoms with Gasteiger partial charge in [-0.1, -0.05) is 6.07 Å². The lowest BCUT2D eigenvalue weighted by Crippen LogP contribution is -2.16. The number of aryl methyl sites for hydroxylation is 2. The van der Waals surface area contributed by atoms with Crippen LogP contribution in [0.3, 0.4) is 0 Å². The highest BCUT2D eigenvalue weighted by molar-refractivity contribution is 7.92. The van der Waals surface area contributed by atoms with Gasteiger partial charge < -0.3 is 4.74 Å². The molecule has 134 valence electrons. The Morgan fingerprint density at radius 3 is 2.40 bits per heavy atom. The first-order chi connectivity index (χ1) is 11.7. The number of nitrogens with one attached hydrogen (secondary N) is 1. The van der Waals surface area contributed by atoms with Crippen molar-refractivity contribution in [1.82, 2.24) is 0 Å². The molecule has 7 nitrogen and oxygen atoms in total. The van der Waals surface area contributed by atoms with Crippen LogP contribution in [0.1, 0.15) is 17.5 Å². The van der Waals surface area contributed by atoms with Crippen LogP contribution in [0.25, 0.3) is 0 Å². The molecule has 0 fully saturated rings. The zero-order valence-corrected chi connectivity index (χ0v) is 15.2. The minimum Gasteiger partial charge on any atom is -0.495 e. The van der Waals surface area contributed by atoms with Crippen LogP contribution in [0.2, 0.25) is 0 Å². The fourth-order valence-electron chi connectivity index (χ4n) is 2.89. The summed E-state index contributed by atoms with van der Waals surface area (Å²) in [4.78, 5) is -0.148. The Hall–Kier alpha value is -2.10. The van der Waals surface area contributed by atoms with Crippen molar-refractivity contribution in [2.45, 2.75) is 29.1 Å². The molecule has 3 N–H and O–H groups in total. The van der Waals surface area contributed by atoms with Gasteiger partial charge in [0.15, 0.2) is 0 Å². The molecule has 0 spiro atoms. The Morgan fingerprint density at radius 2 is 1.72 bits per heavy atom. The summed E-state index contributed by atoms with van der Waals surface area (Å²) >= 11 is 0. The van der Waals surface area contributed by atoms with Gasteiger partial charge in [0.1, 0.15) is 10.6 Å². The zero-order valence-electron chi connectivity index (χ0n) is 13.5. The number of ether oxygens (including phenoxy) is 1. The molecule has 1 aliphatic rings. The molecule has 0 unspecified atom stereocenters.